The number of nitrogens with one attached hydrogen (secondary N) is 1. The number of benzene rings is 1. The standard InChI is InChI=1S/C18H19F2N3O3S/c1-2-23(13-8-9-27(25,26)11-13)18(24)12-6-7-16(21-10-12)22-17-14(19)4-3-5-15(17)20/h3-7,10,13H,2,8-9,11H2,1H3,(H,21,22). The van der Waals surface area contributed by atoms with E-state index in [0.717, 1.165) is 12.1 Å². The third-order valence-electron chi connectivity index (χ3n) is 4.48. The number of nitrogens with zero attached hydrogens (tertiary/aromatic N) is 2. The fourth-order valence-corrected chi connectivity index (χ4v) is 4.82. The molecule has 1 fully saturated rings. The number of rotatable bonds is 5. The highest BCUT2D eigenvalue weighted by molar-refractivity contribution is 7.91. The summed E-state index contributed by atoms with van der Waals surface area (Å²) in [6, 6.07) is 6.09. The highest BCUT2D eigenvalue weighted by atomic mass is 32.2. The van der Waals surface area contributed by atoms with Crippen molar-refractivity contribution in [1.82, 2.24) is 9.88 Å². The zero-order valence-electron chi connectivity index (χ0n) is 14.7. The molecule has 0 bridgehead atoms. The van der Waals surface area contributed by atoms with E-state index in [1.54, 1.807) is 6.92 Å². The van der Waals surface area contributed by atoms with Crippen LogP contribution in [0.2, 0.25) is 0 Å². The lowest BCUT2D eigenvalue weighted by atomic mass is 10.1. The van der Waals surface area contributed by atoms with E-state index in [9.17, 15) is 22.0 Å². The Bertz CT molecular complexity index is 929. The van der Waals surface area contributed by atoms with Gasteiger partial charge in [-0.1, -0.05) is 6.07 Å². The first-order chi connectivity index (χ1) is 12.8. The minimum Gasteiger partial charge on any atom is -0.335 e. The van der Waals surface area contributed by atoms with E-state index in [1.165, 1.54) is 29.3 Å². The van der Waals surface area contributed by atoms with Crippen LogP contribution < -0.4 is 5.32 Å². The van der Waals surface area contributed by atoms with Gasteiger partial charge in [-0.15, -0.1) is 0 Å². The molecule has 2 heterocycles. The molecule has 0 aliphatic carbocycles. The maximum atomic E-state index is 13.7. The summed E-state index contributed by atoms with van der Waals surface area (Å²) in [5.74, 6) is -1.60. The Morgan fingerprint density at radius 1 is 1.26 bits per heavy atom. The van der Waals surface area contributed by atoms with Gasteiger partial charge < -0.3 is 10.2 Å². The molecule has 3 rings (SSSR count). The minimum atomic E-state index is -3.11. The monoisotopic (exact) mass is 395 g/mol. The molecule has 1 amide bonds. The number of para-hydroxylation sites is 1. The van der Waals surface area contributed by atoms with E-state index in [2.05, 4.69) is 10.3 Å². The Balaban J connectivity index is 1.75. The van der Waals surface area contributed by atoms with Gasteiger partial charge in [0.15, 0.2) is 9.84 Å². The maximum absolute atomic E-state index is 13.7. The summed E-state index contributed by atoms with van der Waals surface area (Å²) in [5, 5.41) is 2.55. The van der Waals surface area contributed by atoms with Crippen LogP contribution in [0.4, 0.5) is 20.3 Å². The smallest absolute Gasteiger partial charge is 0.255 e. The first kappa shape index (κ1) is 19.2. The molecule has 0 spiro atoms. The van der Waals surface area contributed by atoms with Crippen molar-refractivity contribution in [1.29, 1.82) is 0 Å². The summed E-state index contributed by atoms with van der Waals surface area (Å²) in [7, 11) is -3.11. The molecule has 1 aliphatic heterocycles. The van der Waals surface area contributed by atoms with E-state index >= 15 is 0 Å². The van der Waals surface area contributed by atoms with Crippen molar-refractivity contribution in [2.24, 2.45) is 0 Å². The number of hydrogen-bond donors (Lipinski definition) is 1. The average molecular weight is 395 g/mol. The summed E-state index contributed by atoms with van der Waals surface area (Å²) in [4.78, 5) is 18.3. The van der Waals surface area contributed by atoms with Crippen molar-refractivity contribution in [2.45, 2.75) is 19.4 Å². The lowest BCUT2D eigenvalue weighted by molar-refractivity contribution is 0.0708. The molecular weight excluding hydrogens is 376 g/mol. The zero-order chi connectivity index (χ0) is 19.6. The van der Waals surface area contributed by atoms with Gasteiger partial charge in [-0.3, -0.25) is 4.79 Å². The average Bonchev–Trinajstić information content (AvgIpc) is 2.99. The predicted octanol–water partition coefficient (Wildman–Crippen LogP) is 2.75. The van der Waals surface area contributed by atoms with Gasteiger partial charge in [0.05, 0.1) is 17.1 Å². The van der Waals surface area contributed by atoms with Crippen LogP contribution in [0.25, 0.3) is 0 Å². The van der Waals surface area contributed by atoms with Gasteiger partial charge in [-0.05, 0) is 37.6 Å². The molecular formula is C18H19F2N3O3S. The number of carbonyl (C=O) groups excluding carboxylic acids is 1. The van der Waals surface area contributed by atoms with Crippen molar-refractivity contribution in [2.75, 3.05) is 23.4 Å². The SMILES string of the molecule is CCN(C(=O)c1ccc(Nc2c(F)cccc2F)nc1)C1CCS(=O)(=O)C1. The molecule has 1 N–H and O–H groups in total. The van der Waals surface area contributed by atoms with Crippen LogP contribution in [0.5, 0.6) is 0 Å². The molecule has 1 saturated heterocycles. The number of pyridine rings is 1. The Labute approximate surface area is 156 Å². The number of amides is 1. The number of aromatic nitrogens is 1. The number of halogens is 2. The molecule has 0 saturated carbocycles. The summed E-state index contributed by atoms with van der Waals surface area (Å²) < 4.78 is 50.7. The third kappa shape index (κ3) is 4.24. The highest BCUT2D eigenvalue weighted by Gasteiger charge is 2.34. The van der Waals surface area contributed by atoms with E-state index in [4.69, 9.17) is 0 Å². The van der Waals surface area contributed by atoms with E-state index in [1.807, 2.05) is 0 Å². The Hall–Kier alpha value is -2.55. The van der Waals surface area contributed by atoms with E-state index < -0.39 is 21.5 Å². The Morgan fingerprint density at radius 3 is 2.48 bits per heavy atom. The number of hydrogen-bond acceptors (Lipinski definition) is 5. The summed E-state index contributed by atoms with van der Waals surface area (Å²) in [5.41, 5.74) is -0.0453. The van der Waals surface area contributed by atoms with Crippen LogP contribution in [0, 0.1) is 11.6 Å². The molecule has 144 valence electrons. The number of anilines is 2. The quantitative estimate of drug-likeness (QED) is 0.842. The predicted molar refractivity (Wildman–Crippen MR) is 97.6 cm³/mol. The first-order valence-corrected chi connectivity index (χ1v) is 10.3. The topological polar surface area (TPSA) is 79.4 Å². The van der Waals surface area contributed by atoms with E-state index in [-0.39, 0.29) is 40.5 Å². The largest absolute Gasteiger partial charge is 0.335 e. The van der Waals surface area contributed by atoms with Crippen molar-refractivity contribution >= 4 is 27.2 Å². The second-order valence-electron chi connectivity index (χ2n) is 6.30. The normalized spacial score (nSPS) is 18.3. The second-order valence-corrected chi connectivity index (χ2v) is 8.53. The lowest BCUT2D eigenvalue weighted by Crippen LogP contribution is -2.41. The molecule has 9 heteroatoms. The van der Waals surface area contributed by atoms with Crippen molar-refractivity contribution in [3.05, 3.63) is 53.7 Å². The molecule has 1 aliphatic rings. The molecule has 1 aromatic heterocycles. The highest BCUT2D eigenvalue weighted by Crippen LogP contribution is 2.23. The fraction of sp³-hybridized carbons (Fsp3) is 0.333. The lowest BCUT2D eigenvalue weighted by Gasteiger charge is -2.26. The Kier molecular flexibility index (Phi) is 5.41. The third-order valence-corrected chi connectivity index (χ3v) is 6.23. The molecule has 2 aromatic rings. The van der Waals surface area contributed by atoms with Crippen LogP contribution in [0.3, 0.4) is 0 Å². The molecule has 1 atom stereocenters. The van der Waals surface area contributed by atoms with Crippen molar-refractivity contribution < 1.29 is 22.0 Å². The summed E-state index contributed by atoms with van der Waals surface area (Å²) in [6.45, 7) is 2.16. The minimum absolute atomic E-state index is 0.0355. The van der Waals surface area contributed by atoms with Crippen LogP contribution in [0.1, 0.15) is 23.7 Å². The van der Waals surface area contributed by atoms with Gasteiger partial charge in [0.1, 0.15) is 23.1 Å². The fourth-order valence-electron chi connectivity index (χ4n) is 3.09. The van der Waals surface area contributed by atoms with Crippen LogP contribution in [-0.4, -0.2) is 48.3 Å². The molecule has 27 heavy (non-hydrogen) atoms. The van der Waals surface area contributed by atoms with Gasteiger partial charge in [-0.2, -0.15) is 0 Å². The molecule has 0 radical (unpaired) electrons. The summed E-state index contributed by atoms with van der Waals surface area (Å²) in [6.07, 6.45) is 1.72. The van der Waals surface area contributed by atoms with Gasteiger partial charge >= 0.3 is 0 Å². The van der Waals surface area contributed by atoms with Gasteiger partial charge in [-0.25, -0.2) is 22.2 Å². The summed E-state index contributed by atoms with van der Waals surface area (Å²) >= 11 is 0. The van der Waals surface area contributed by atoms with Crippen molar-refractivity contribution in [3.63, 3.8) is 0 Å². The van der Waals surface area contributed by atoms with Crippen LogP contribution in [-0.2, 0) is 9.84 Å². The van der Waals surface area contributed by atoms with Crippen LogP contribution in [0.15, 0.2) is 36.5 Å². The molecule has 1 unspecified atom stereocenters. The molecule has 1 aromatic carbocycles. The molecule has 6 nitrogen and oxygen atoms in total. The maximum Gasteiger partial charge on any atom is 0.255 e. The first-order valence-electron chi connectivity index (χ1n) is 8.49. The van der Waals surface area contributed by atoms with Gasteiger partial charge in [0, 0.05) is 18.8 Å². The van der Waals surface area contributed by atoms with Gasteiger partial charge in [0.25, 0.3) is 5.91 Å². The zero-order valence-corrected chi connectivity index (χ0v) is 15.5. The number of carbonyl (C=O) groups is 1. The number of sulfone groups is 1. The van der Waals surface area contributed by atoms with E-state index in [0.29, 0.717) is 13.0 Å². The second kappa shape index (κ2) is 7.59. The Morgan fingerprint density at radius 2 is 1.96 bits per heavy atom. The van der Waals surface area contributed by atoms with Gasteiger partial charge in [0.2, 0.25) is 0 Å². The van der Waals surface area contributed by atoms with Crippen molar-refractivity contribution in [3.8, 4) is 0 Å². The van der Waals surface area contributed by atoms with Crippen LogP contribution >= 0.6 is 0 Å².